The Hall–Kier alpha value is -2.45. The van der Waals surface area contributed by atoms with Gasteiger partial charge in [-0.2, -0.15) is 0 Å². The van der Waals surface area contributed by atoms with Crippen molar-refractivity contribution in [2.24, 2.45) is 5.92 Å². The largest absolute Gasteiger partial charge is 0.344 e. The fourth-order valence-electron chi connectivity index (χ4n) is 5.08. The van der Waals surface area contributed by atoms with Crippen LogP contribution in [-0.2, 0) is 9.59 Å². The van der Waals surface area contributed by atoms with E-state index in [4.69, 9.17) is 0 Å². The van der Waals surface area contributed by atoms with E-state index in [1.54, 1.807) is 11.9 Å². The molecule has 32 heavy (non-hydrogen) atoms. The number of amides is 4. The van der Waals surface area contributed by atoms with Crippen LogP contribution in [0.2, 0.25) is 0 Å². The van der Waals surface area contributed by atoms with Crippen molar-refractivity contribution >= 4 is 17.8 Å². The van der Waals surface area contributed by atoms with Crippen molar-refractivity contribution in [2.45, 2.75) is 69.5 Å². The second-order valence-corrected chi connectivity index (χ2v) is 9.73. The number of carbonyl (C=O) groups is 3. The maximum Gasteiger partial charge on any atom is 0.325 e. The Balaban J connectivity index is 1.21. The van der Waals surface area contributed by atoms with Crippen molar-refractivity contribution in [3.63, 3.8) is 0 Å². The molecule has 8 nitrogen and oxygen atoms in total. The van der Waals surface area contributed by atoms with Gasteiger partial charge in [0.25, 0.3) is 5.91 Å². The second kappa shape index (κ2) is 9.58. The second-order valence-electron chi connectivity index (χ2n) is 9.73. The van der Waals surface area contributed by atoms with Crippen molar-refractivity contribution in [2.75, 3.05) is 20.1 Å². The van der Waals surface area contributed by atoms with Crippen LogP contribution in [0.4, 0.5) is 4.79 Å². The van der Waals surface area contributed by atoms with E-state index < -0.39 is 11.6 Å². The normalized spacial score (nSPS) is 30.1. The third-order valence-corrected chi connectivity index (χ3v) is 7.32. The number of urea groups is 1. The minimum absolute atomic E-state index is 0.183. The Morgan fingerprint density at radius 2 is 1.88 bits per heavy atom. The molecule has 2 atom stereocenters. The molecule has 2 aliphatic heterocycles. The first kappa shape index (κ1) is 22.7. The van der Waals surface area contributed by atoms with Crippen molar-refractivity contribution in [3.05, 3.63) is 35.9 Å². The highest BCUT2D eigenvalue weighted by molar-refractivity contribution is 6.09. The first-order chi connectivity index (χ1) is 15.4. The zero-order valence-corrected chi connectivity index (χ0v) is 19.1. The number of hydrogen-bond donors (Lipinski definition) is 3. The number of benzene rings is 1. The molecular formula is C24H35N5O3. The number of imide groups is 1. The monoisotopic (exact) mass is 441 g/mol. The van der Waals surface area contributed by atoms with Crippen molar-refractivity contribution in [1.29, 1.82) is 0 Å². The molecule has 1 spiro atoms. The molecule has 8 heteroatoms. The Kier molecular flexibility index (Phi) is 6.81. The number of carbonyl (C=O) groups excluding carboxylic acids is 3. The maximum atomic E-state index is 12.9. The average Bonchev–Trinajstić information content (AvgIpc) is 3.35. The topological polar surface area (TPSA) is 93.8 Å². The molecule has 2 saturated heterocycles. The minimum atomic E-state index is -0.793. The van der Waals surface area contributed by atoms with E-state index in [-0.39, 0.29) is 18.4 Å². The summed E-state index contributed by atoms with van der Waals surface area (Å²) in [4.78, 5) is 40.8. The Labute approximate surface area is 190 Å². The van der Waals surface area contributed by atoms with Gasteiger partial charge in [-0.15, -0.1) is 0 Å². The number of likely N-dealkylation sites (N-methyl/N-ethyl adjacent to an activating group) is 1. The van der Waals surface area contributed by atoms with Gasteiger partial charge in [0, 0.05) is 25.7 Å². The van der Waals surface area contributed by atoms with Crippen LogP contribution in [0.15, 0.2) is 30.3 Å². The van der Waals surface area contributed by atoms with Gasteiger partial charge >= 0.3 is 6.03 Å². The number of rotatable bonds is 7. The third-order valence-electron chi connectivity index (χ3n) is 7.32. The third kappa shape index (κ3) is 4.81. The summed E-state index contributed by atoms with van der Waals surface area (Å²) in [5, 5.41) is 2.88. The van der Waals surface area contributed by atoms with Crippen LogP contribution in [0.1, 0.15) is 63.5 Å². The minimum Gasteiger partial charge on any atom is -0.344 e. The van der Waals surface area contributed by atoms with Gasteiger partial charge in [-0.3, -0.25) is 25.3 Å². The first-order valence-electron chi connectivity index (χ1n) is 11.8. The Morgan fingerprint density at radius 3 is 2.59 bits per heavy atom. The highest BCUT2D eigenvalue weighted by Crippen LogP contribution is 2.36. The van der Waals surface area contributed by atoms with E-state index in [1.165, 1.54) is 5.56 Å². The lowest BCUT2D eigenvalue weighted by atomic mass is 9.77. The summed E-state index contributed by atoms with van der Waals surface area (Å²) >= 11 is 0. The smallest absolute Gasteiger partial charge is 0.325 e. The molecule has 2 unspecified atom stereocenters. The van der Waals surface area contributed by atoms with E-state index in [9.17, 15) is 14.4 Å². The Morgan fingerprint density at radius 1 is 1.16 bits per heavy atom. The van der Waals surface area contributed by atoms with Crippen LogP contribution in [0, 0.1) is 5.92 Å². The van der Waals surface area contributed by atoms with Gasteiger partial charge in [-0.1, -0.05) is 37.3 Å². The summed E-state index contributed by atoms with van der Waals surface area (Å²) in [7, 11) is 1.74. The molecule has 4 rings (SSSR count). The van der Waals surface area contributed by atoms with E-state index in [0.717, 1.165) is 37.0 Å². The lowest BCUT2D eigenvalue weighted by molar-refractivity contribution is -0.139. The van der Waals surface area contributed by atoms with Crippen LogP contribution < -0.4 is 16.2 Å². The summed E-state index contributed by atoms with van der Waals surface area (Å²) in [6.07, 6.45) is 5.96. The summed E-state index contributed by atoms with van der Waals surface area (Å²) in [5.41, 5.74) is 7.19. The van der Waals surface area contributed by atoms with Gasteiger partial charge in [-0.05, 0) is 56.4 Å². The molecule has 174 valence electrons. The van der Waals surface area contributed by atoms with Gasteiger partial charge in [0.05, 0.1) is 0 Å². The molecule has 3 N–H and O–H groups in total. The highest BCUT2D eigenvalue weighted by Gasteiger charge is 2.52. The Bertz CT molecular complexity index is 837. The summed E-state index contributed by atoms with van der Waals surface area (Å²) < 4.78 is 0. The van der Waals surface area contributed by atoms with Crippen LogP contribution >= 0.6 is 0 Å². The molecule has 3 aliphatic rings. The standard InChI is InChI=1S/C24H35N5O3/c1-17-10-12-24(13-11-17)22(31)29(23(32)25-24)16-21(30)28(2)14-6-9-19-15-20(27-26-19)18-7-4-3-5-8-18/h3-5,7-8,17,19-20,26-27H,6,9-16H2,1-2H3,(H,25,32). The number of hydrogen-bond acceptors (Lipinski definition) is 5. The zero-order chi connectivity index (χ0) is 22.7. The van der Waals surface area contributed by atoms with Gasteiger partial charge in [0.15, 0.2) is 0 Å². The average molecular weight is 442 g/mol. The first-order valence-corrected chi connectivity index (χ1v) is 11.8. The molecular weight excluding hydrogens is 406 g/mol. The summed E-state index contributed by atoms with van der Waals surface area (Å²) in [6.45, 7) is 2.58. The number of nitrogens with one attached hydrogen (secondary N) is 3. The SMILES string of the molecule is CC1CCC2(CC1)NC(=O)N(CC(=O)N(C)CCCC1CC(c3ccccc3)NN1)C2=O. The number of hydrazine groups is 1. The quantitative estimate of drug-likeness (QED) is 0.565. The zero-order valence-electron chi connectivity index (χ0n) is 19.1. The van der Waals surface area contributed by atoms with Crippen LogP contribution in [0.5, 0.6) is 0 Å². The fourth-order valence-corrected chi connectivity index (χ4v) is 5.08. The van der Waals surface area contributed by atoms with Gasteiger partial charge < -0.3 is 10.2 Å². The number of nitrogens with zero attached hydrogens (tertiary/aromatic N) is 2. The highest BCUT2D eigenvalue weighted by atomic mass is 16.2. The molecule has 4 amide bonds. The summed E-state index contributed by atoms with van der Waals surface area (Å²) in [5.74, 6) is 0.137. The van der Waals surface area contributed by atoms with Gasteiger partial charge in [0.1, 0.15) is 12.1 Å². The van der Waals surface area contributed by atoms with Crippen molar-refractivity contribution in [1.82, 2.24) is 26.0 Å². The molecule has 0 aromatic heterocycles. The van der Waals surface area contributed by atoms with Crippen molar-refractivity contribution in [3.8, 4) is 0 Å². The van der Waals surface area contributed by atoms with Crippen LogP contribution in [0.25, 0.3) is 0 Å². The lowest BCUT2D eigenvalue weighted by Gasteiger charge is -2.33. The van der Waals surface area contributed by atoms with Gasteiger partial charge in [0.2, 0.25) is 5.91 Å². The molecule has 1 aromatic carbocycles. The molecule has 1 aromatic rings. The van der Waals surface area contributed by atoms with Crippen molar-refractivity contribution < 1.29 is 14.4 Å². The van der Waals surface area contributed by atoms with Gasteiger partial charge in [-0.25, -0.2) is 4.79 Å². The predicted octanol–water partition coefficient (Wildman–Crippen LogP) is 2.33. The van der Waals surface area contributed by atoms with E-state index in [1.807, 2.05) is 18.2 Å². The molecule has 1 saturated carbocycles. The summed E-state index contributed by atoms with van der Waals surface area (Å²) in [6, 6.07) is 10.6. The molecule has 0 radical (unpaired) electrons. The van der Waals surface area contributed by atoms with E-state index in [2.05, 4.69) is 35.2 Å². The van der Waals surface area contributed by atoms with Crippen LogP contribution in [0.3, 0.4) is 0 Å². The predicted molar refractivity (Wildman–Crippen MR) is 121 cm³/mol. The molecule has 1 aliphatic carbocycles. The molecule has 0 bridgehead atoms. The van der Waals surface area contributed by atoms with E-state index in [0.29, 0.717) is 37.4 Å². The molecule has 2 heterocycles. The fraction of sp³-hybridized carbons (Fsp3) is 0.625. The molecule has 3 fully saturated rings. The van der Waals surface area contributed by atoms with Crippen LogP contribution in [-0.4, -0.2) is 59.4 Å². The van der Waals surface area contributed by atoms with E-state index >= 15 is 0 Å². The maximum absolute atomic E-state index is 12.9. The lowest BCUT2D eigenvalue weighted by Crippen LogP contribution is -2.50.